The largest absolute Gasteiger partial charge is 0.481 e. The maximum absolute atomic E-state index is 11.6. The lowest BCUT2D eigenvalue weighted by Gasteiger charge is -2.25. The first kappa shape index (κ1) is 18.9. The number of nitrogens with zero attached hydrogens (tertiary/aromatic N) is 1. The lowest BCUT2D eigenvalue weighted by Crippen LogP contribution is -2.36. The standard InChI is InChI=1S/C16H24N2O5/c1-5-16(10-19,13(20)21)8-11-6-7-12(17-9-11)18-14(22)23-15(2,3)4/h6-7,9,19H,5,8,10H2,1-4H3,(H,20,21)(H,17,18,22). The summed E-state index contributed by atoms with van der Waals surface area (Å²) >= 11 is 0. The molecule has 0 aromatic carbocycles. The zero-order valence-electron chi connectivity index (χ0n) is 13.9. The molecule has 0 aliphatic carbocycles. The molecule has 1 aromatic heterocycles. The first-order chi connectivity index (χ1) is 10.6. The highest BCUT2D eigenvalue weighted by atomic mass is 16.6. The molecular formula is C16H24N2O5. The first-order valence-corrected chi connectivity index (χ1v) is 7.41. The third kappa shape index (κ3) is 5.52. The number of hydrogen-bond donors (Lipinski definition) is 3. The van der Waals surface area contributed by atoms with Crippen LogP contribution in [-0.4, -0.2) is 39.5 Å². The van der Waals surface area contributed by atoms with Gasteiger partial charge in [-0.1, -0.05) is 13.0 Å². The molecule has 128 valence electrons. The van der Waals surface area contributed by atoms with Crippen LogP contribution in [0.3, 0.4) is 0 Å². The summed E-state index contributed by atoms with van der Waals surface area (Å²) in [6.45, 7) is 6.55. The third-order valence-corrected chi connectivity index (χ3v) is 3.43. The highest BCUT2D eigenvalue weighted by Crippen LogP contribution is 2.27. The van der Waals surface area contributed by atoms with Gasteiger partial charge in [0.15, 0.2) is 0 Å². The Morgan fingerprint density at radius 2 is 1.96 bits per heavy atom. The predicted octanol–water partition coefficient (Wildman–Crippen LogP) is 2.44. The molecule has 0 radical (unpaired) electrons. The van der Waals surface area contributed by atoms with E-state index in [2.05, 4.69) is 10.3 Å². The summed E-state index contributed by atoms with van der Waals surface area (Å²) in [6, 6.07) is 3.24. The topological polar surface area (TPSA) is 109 Å². The Balaban J connectivity index is 2.77. The van der Waals surface area contributed by atoms with E-state index in [9.17, 15) is 19.8 Å². The molecule has 0 bridgehead atoms. The van der Waals surface area contributed by atoms with Gasteiger partial charge in [-0.2, -0.15) is 0 Å². The molecule has 1 unspecified atom stereocenters. The number of carbonyl (C=O) groups excluding carboxylic acids is 1. The minimum Gasteiger partial charge on any atom is -0.481 e. The molecule has 1 amide bonds. The average Bonchev–Trinajstić information content (AvgIpc) is 2.44. The minimum absolute atomic E-state index is 0.162. The lowest BCUT2D eigenvalue weighted by atomic mass is 9.80. The van der Waals surface area contributed by atoms with E-state index in [0.717, 1.165) is 0 Å². The summed E-state index contributed by atoms with van der Waals surface area (Å²) < 4.78 is 5.12. The van der Waals surface area contributed by atoms with Crippen LogP contribution in [0.1, 0.15) is 39.7 Å². The number of nitrogens with one attached hydrogen (secondary N) is 1. The van der Waals surface area contributed by atoms with Gasteiger partial charge < -0.3 is 14.9 Å². The quantitative estimate of drug-likeness (QED) is 0.741. The van der Waals surface area contributed by atoms with Crippen LogP contribution in [0.2, 0.25) is 0 Å². The van der Waals surface area contributed by atoms with Crippen molar-refractivity contribution in [1.29, 1.82) is 0 Å². The summed E-state index contributed by atoms with van der Waals surface area (Å²) in [5.41, 5.74) is -1.16. The molecule has 1 rings (SSSR count). The van der Waals surface area contributed by atoms with Crippen LogP contribution in [0, 0.1) is 5.41 Å². The Morgan fingerprint density at radius 1 is 1.30 bits per heavy atom. The summed E-state index contributed by atoms with van der Waals surface area (Å²) in [5.74, 6) is -0.733. The van der Waals surface area contributed by atoms with Crippen LogP contribution in [0.25, 0.3) is 0 Å². The number of carboxylic acids is 1. The van der Waals surface area contributed by atoms with E-state index in [4.69, 9.17) is 4.74 Å². The second kappa shape index (κ2) is 7.41. The van der Waals surface area contributed by atoms with E-state index in [1.807, 2.05) is 0 Å². The van der Waals surface area contributed by atoms with E-state index in [1.54, 1.807) is 39.8 Å². The molecule has 1 aromatic rings. The van der Waals surface area contributed by atoms with Gasteiger partial charge >= 0.3 is 12.1 Å². The number of aromatic nitrogens is 1. The molecule has 0 spiro atoms. The van der Waals surface area contributed by atoms with E-state index in [0.29, 0.717) is 17.8 Å². The molecule has 1 heterocycles. The molecule has 0 aliphatic heterocycles. The van der Waals surface area contributed by atoms with Crippen molar-refractivity contribution in [2.75, 3.05) is 11.9 Å². The van der Waals surface area contributed by atoms with E-state index in [-0.39, 0.29) is 6.42 Å². The van der Waals surface area contributed by atoms with Crippen molar-refractivity contribution in [3.05, 3.63) is 23.9 Å². The van der Waals surface area contributed by atoms with Crippen LogP contribution in [-0.2, 0) is 16.0 Å². The summed E-state index contributed by atoms with van der Waals surface area (Å²) in [5, 5.41) is 21.2. The highest BCUT2D eigenvalue weighted by Gasteiger charge is 2.36. The van der Waals surface area contributed by atoms with Crippen molar-refractivity contribution < 1.29 is 24.5 Å². The fourth-order valence-corrected chi connectivity index (χ4v) is 1.99. The van der Waals surface area contributed by atoms with Gasteiger partial charge in [0.05, 0.1) is 12.0 Å². The number of aliphatic carboxylic acids is 1. The van der Waals surface area contributed by atoms with E-state index in [1.165, 1.54) is 6.20 Å². The summed E-state index contributed by atoms with van der Waals surface area (Å²) in [6.07, 6.45) is 1.34. The Bertz CT molecular complexity index is 545. The number of aliphatic hydroxyl groups is 1. The van der Waals surface area contributed by atoms with Crippen molar-refractivity contribution in [3.63, 3.8) is 0 Å². The van der Waals surface area contributed by atoms with Crippen molar-refractivity contribution in [1.82, 2.24) is 4.98 Å². The van der Waals surface area contributed by atoms with Crippen LogP contribution >= 0.6 is 0 Å². The normalized spacial score (nSPS) is 14.0. The Kier molecular flexibility index (Phi) is 6.09. The monoisotopic (exact) mass is 324 g/mol. The van der Waals surface area contributed by atoms with E-state index < -0.39 is 29.7 Å². The molecule has 23 heavy (non-hydrogen) atoms. The van der Waals surface area contributed by atoms with Gasteiger partial charge in [0.2, 0.25) is 0 Å². The number of ether oxygens (including phenoxy) is 1. The number of hydrogen-bond acceptors (Lipinski definition) is 5. The molecule has 0 saturated carbocycles. The van der Waals surface area contributed by atoms with Crippen molar-refractivity contribution >= 4 is 17.9 Å². The maximum Gasteiger partial charge on any atom is 0.413 e. The van der Waals surface area contributed by atoms with Gasteiger partial charge in [-0.15, -0.1) is 0 Å². The van der Waals surface area contributed by atoms with Crippen molar-refractivity contribution in [3.8, 4) is 0 Å². The van der Waals surface area contributed by atoms with Crippen LogP contribution in [0.4, 0.5) is 10.6 Å². The number of carbonyl (C=O) groups is 2. The van der Waals surface area contributed by atoms with Crippen molar-refractivity contribution in [2.45, 2.75) is 46.1 Å². The maximum atomic E-state index is 11.6. The van der Waals surface area contributed by atoms with Crippen LogP contribution in [0.5, 0.6) is 0 Å². The second-order valence-corrected chi connectivity index (χ2v) is 6.45. The number of anilines is 1. The fraction of sp³-hybridized carbons (Fsp3) is 0.562. The Hall–Kier alpha value is -2.15. The van der Waals surface area contributed by atoms with Gasteiger partial charge in [-0.05, 0) is 45.2 Å². The summed E-state index contributed by atoms with van der Waals surface area (Å²) in [4.78, 5) is 27.1. The van der Waals surface area contributed by atoms with E-state index >= 15 is 0 Å². The number of amides is 1. The molecule has 7 heteroatoms. The molecule has 0 saturated heterocycles. The van der Waals surface area contributed by atoms with Gasteiger partial charge in [-0.3, -0.25) is 10.1 Å². The zero-order chi connectivity index (χ0) is 17.7. The second-order valence-electron chi connectivity index (χ2n) is 6.45. The first-order valence-electron chi connectivity index (χ1n) is 7.41. The average molecular weight is 324 g/mol. The van der Waals surface area contributed by atoms with Gasteiger partial charge in [-0.25, -0.2) is 9.78 Å². The lowest BCUT2D eigenvalue weighted by molar-refractivity contribution is -0.151. The molecule has 1 atom stereocenters. The number of rotatable bonds is 6. The smallest absolute Gasteiger partial charge is 0.413 e. The van der Waals surface area contributed by atoms with Crippen molar-refractivity contribution in [2.24, 2.45) is 5.41 Å². The molecular weight excluding hydrogens is 300 g/mol. The summed E-state index contributed by atoms with van der Waals surface area (Å²) in [7, 11) is 0. The minimum atomic E-state index is -1.22. The SMILES string of the molecule is CCC(CO)(Cc1ccc(NC(=O)OC(C)(C)C)nc1)C(=O)O. The van der Waals surface area contributed by atoms with Crippen LogP contribution < -0.4 is 5.32 Å². The van der Waals surface area contributed by atoms with Gasteiger partial charge in [0.1, 0.15) is 11.4 Å². The third-order valence-electron chi connectivity index (χ3n) is 3.43. The van der Waals surface area contributed by atoms with Gasteiger partial charge in [0.25, 0.3) is 0 Å². The molecule has 0 fully saturated rings. The van der Waals surface area contributed by atoms with Crippen LogP contribution in [0.15, 0.2) is 18.3 Å². The molecule has 7 nitrogen and oxygen atoms in total. The zero-order valence-corrected chi connectivity index (χ0v) is 13.9. The Labute approximate surface area is 135 Å². The fourth-order valence-electron chi connectivity index (χ4n) is 1.99. The number of aliphatic hydroxyl groups excluding tert-OH is 1. The number of pyridine rings is 1. The number of carboxylic acid groups (broad SMARTS) is 1. The predicted molar refractivity (Wildman–Crippen MR) is 85.2 cm³/mol. The Morgan fingerprint density at radius 3 is 2.35 bits per heavy atom. The molecule has 3 N–H and O–H groups in total. The highest BCUT2D eigenvalue weighted by molar-refractivity contribution is 5.83. The molecule has 0 aliphatic rings. The van der Waals surface area contributed by atoms with Gasteiger partial charge in [0, 0.05) is 6.20 Å².